The highest BCUT2D eigenvalue weighted by Gasteiger charge is 2.36. The summed E-state index contributed by atoms with van der Waals surface area (Å²) >= 11 is 0. The van der Waals surface area contributed by atoms with Crippen LogP contribution in [0.15, 0.2) is 36.7 Å². The number of likely N-dealkylation sites (tertiary alicyclic amines) is 1. The average Bonchev–Trinajstić information content (AvgIpc) is 2.99. The molecule has 23 heavy (non-hydrogen) atoms. The first kappa shape index (κ1) is 15.7. The van der Waals surface area contributed by atoms with Crippen molar-refractivity contribution in [2.45, 2.75) is 26.3 Å². The Bertz CT molecular complexity index is 705. The van der Waals surface area contributed by atoms with Crippen LogP contribution in [0.3, 0.4) is 0 Å². The predicted octanol–water partition coefficient (Wildman–Crippen LogP) is 3.02. The van der Waals surface area contributed by atoms with E-state index in [1.54, 1.807) is 24.5 Å². The first-order valence-electron chi connectivity index (χ1n) is 7.86. The zero-order valence-corrected chi connectivity index (χ0v) is 13.5. The standard InChI is InChI=1S/C18H22FN3O/c1-18(2)11-22(8-7-16(18)20)17(23)15-10-21-9-14(15)12-3-5-13(19)6-4-12/h3-6,9-10,16,21H,7-8,11,20H2,1-2H3. The fourth-order valence-electron chi connectivity index (χ4n) is 3.13. The molecule has 122 valence electrons. The third-order valence-corrected chi connectivity index (χ3v) is 4.73. The number of nitrogens with two attached hydrogens (primary N) is 1. The number of nitrogens with zero attached hydrogens (tertiary/aromatic N) is 1. The molecule has 1 unspecified atom stereocenters. The van der Waals surface area contributed by atoms with Crippen LogP contribution in [0.2, 0.25) is 0 Å². The second-order valence-corrected chi connectivity index (χ2v) is 6.90. The Kier molecular flexibility index (Phi) is 3.98. The molecule has 0 radical (unpaired) electrons. The summed E-state index contributed by atoms with van der Waals surface area (Å²) in [6, 6.07) is 6.28. The molecule has 2 aromatic rings. The summed E-state index contributed by atoms with van der Waals surface area (Å²) in [5.74, 6) is -0.297. The van der Waals surface area contributed by atoms with Crippen LogP contribution in [-0.2, 0) is 0 Å². The number of carbonyl (C=O) groups excluding carboxylic acids is 1. The minimum Gasteiger partial charge on any atom is -0.366 e. The molecule has 1 aliphatic rings. The quantitative estimate of drug-likeness (QED) is 0.895. The van der Waals surface area contributed by atoms with Crippen molar-refractivity contribution in [3.05, 3.63) is 48.0 Å². The van der Waals surface area contributed by atoms with Crippen LogP contribution in [0.5, 0.6) is 0 Å². The maximum atomic E-state index is 13.1. The number of hydrogen-bond acceptors (Lipinski definition) is 2. The van der Waals surface area contributed by atoms with Crippen LogP contribution in [0.1, 0.15) is 30.6 Å². The van der Waals surface area contributed by atoms with E-state index in [0.717, 1.165) is 17.5 Å². The molecule has 1 aliphatic heterocycles. The van der Waals surface area contributed by atoms with Crippen LogP contribution in [0.25, 0.3) is 11.1 Å². The third-order valence-electron chi connectivity index (χ3n) is 4.73. The van der Waals surface area contributed by atoms with E-state index in [1.807, 2.05) is 4.90 Å². The van der Waals surface area contributed by atoms with Gasteiger partial charge in [-0.2, -0.15) is 0 Å². The number of aromatic nitrogens is 1. The topological polar surface area (TPSA) is 62.1 Å². The van der Waals surface area contributed by atoms with E-state index in [4.69, 9.17) is 5.73 Å². The van der Waals surface area contributed by atoms with Crippen LogP contribution in [-0.4, -0.2) is 34.9 Å². The lowest BCUT2D eigenvalue weighted by molar-refractivity contribution is 0.0534. The van der Waals surface area contributed by atoms with Crippen molar-refractivity contribution >= 4 is 5.91 Å². The van der Waals surface area contributed by atoms with Crippen molar-refractivity contribution in [3.63, 3.8) is 0 Å². The number of piperidine rings is 1. The molecule has 3 N–H and O–H groups in total. The average molecular weight is 315 g/mol. The molecule has 1 saturated heterocycles. The molecule has 0 aliphatic carbocycles. The molecule has 3 rings (SSSR count). The molecule has 1 atom stereocenters. The Labute approximate surface area is 135 Å². The fourth-order valence-corrected chi connectivity index (χ4v) is 3.13. The van der Waals surface area contributed by atoms with Gasteiger partial charge in [0.25, 0.3) is 5.91 Å². The van der Waals surface area contributed by atoms with Gasteiger partial charge in [0.2, 0.25) is 0 Å². The smallest absolute Gasteiger partial charge is 0.256 e. The van der Waals surface area contributed by atoms with Crippen LogP contribution in [0.4, 0.5) is 4.39 Å². The van der Waals surface area contributed by atoms with Gasteiger partial charge in [-0.15, -0.1) is 0 Å². The molecule has 1 aromatic heterocycles. The fraction of sp³-hybridized carbons (Fsp3) is 0.389. The van der Waals surface area contributed by atoms with Gasteiger partial charge in [0.1, 0.15) is 5.82 Å². The lowest BCUT2D eigenvalue weighted by Crippen LogP contribution is -2.54. The highest BCUT2D eigenvalue weighted by atomic mass is 19.1. The van der Waals surface area contributed by atoms with Gasteiger partial charge in [0.05, 0.1) is 5.56 Å². The highest BCUT2D eigenvalue weighted by molar-refractivity contribution is 6.00. The van der Waals surface area contributed by atoms with E-state index < -0.39 is 0 Å². The molecule has 1 fully saturated rings. The van der Waals surface area contributed by atoms with Gasteiger partial charge < -0.3 is 15.6 Å². The number of carbonyl (C=O) groups is 1. The van der Waals surface area contributed by atoms with E-state index in [2.05, 4.69) is 18.8 Å². The van der Waals surface area contributed by atoms with Crippen molar-refractivity contribution in [1.29, 1.82) is 0 Å². The minimum absolute atomic E-state index is 0.00875. The molecule has 5 heteroatoms. The predicted molar refractivity (Wildman–Crippen MR) is 88.5 cm³/mol. The molecule has 2 heterocycles. The Hall–Kier alpha value is -2.14. The minimum atomic E-state index is -0.288. The molecule has 0 saturated carbocycles. The number of benzene rings is 1. The number of H-pyrrole nitrogens is 1. The summed E-state index contributed by atoms with van der Waals surface area (Å²) in [5.41, 5.74) is 8.28. The maximum absolute atomic E-state index is 13.1. The highest BCUT2D eigenvalue weighted by Crippen LogP contribution is 2.31. The monoisotopic (exact) mass is 315 g/mol. The third kappa shape index (κ3) is 3.01. The first-order chi connectivity index (χ1) is 10.9. The van der Waals surface area contributed by atoms with Crippen molar-refractivity contribution in [2.24, 2.45) is 11.1 Å². The first-order valence-corrected chi connectivity index (χ1v) is 7.86. The summed E-state index contributed by atoms with van der Waals surface area (Å²) in [7, 11) is 0. The van der Waals surface area contributed by atoms with Gasteiger partial charge in [-0.05, 0) is 29.5 Å². The van der Waals surface area contributed by atoms with Gasteiger partial charge in [-0.1, -0.05) is 26.0 Å². The van der Waals surface area contributed by atoms with E-state index in [9.17, 15) is 9.18 Å². The second-order valence-electron chi connectivity index (χ2n) is 6.90. The van der Waals surface area contributed by atoms with Gasteiger partial charge in [0.15, 0.2) is 0 Å². The molecular formula is C18H22FN3O. The van der Waals surface area contributed by atoms with Crippen LogP contribution >= 0.6 is 0 Å². The van der Waals surface area contributed by atoms with Gasteiger partial charge >= 0.3 is 0 Å². The number of aromatic amines is 1. The zero-order chi connectivity index (χ0) is 16.6. The van der Waals surface area contributed by atoms with Crippen molar-refractivity contribution in [1.82, 2.24) is 9.88 Å². The number of halogens is 1. The number of hydrogen-bond donors (Lipinski definition) is 2. The van der Waals surface area contributed by atoms with Crippen LogP contribution in [0, 0.1) is 11.2 Å². The summed E-state index contributed by atoms with van der Waals surface area (Å²) < 4.78 is 13.1. The number of nitrogens with one attached hydrogen (secondary N) is 1. The summed E-state index contributed by atoms with van der Waals surface area (Å²) in [6.07, 6.45) is 4.29. The summed E-state index contributed by atoms with van der Waals surface area (Å²) in [6.45, 7) is 5.49. The summed E-state index contributed by atoms with van der Waals surface area (Å²) in [4.78, 5) is 17.8. The lowest BCUT2D eigenvalue weighted by Gasteiger charge is -2.42. The van der Waals surface area contributed by atoms with Crippen molar-refractivity contribution < 1.29 is 9.18 Å². The Morgan fingerprint density at radius 3 is 2.65 bits per heavy atom. The Morgan fingerprint density at radius 2 is 2.00 bits per heavy atom. The largest absolute Gasteiger partial charge is 0.366 e. The number of amides is 1. The molecule has 1 aromatic carbocycles. The lowest BCUT2D eigenvalue weighted by atomic mass is 9.79. The zero-order valence-electron chi connectivity index (χ0n) is 13.5. The molecule has 0 spiro atoms. The van der Waals surface area contributed by atoms with Gasteiger partial charge in [0, 0.05) is 37.1 Å². The molecular weight excluding hydrogens is 293 g/mol. The van der Waals surface area contributed by atoms with E-state index in [0.29, 0.717) is 18.7 Å². The molecule has 1 amide bonds. The van der Waals surface area contributed by atoms with Crippen LogP contribution < -0.4 is 5.73 Å². The summed E-state index contributed by atoms with van der Waals surface area (Å²) in [5, 5.41) is 0. The van der Waals surface area contributed by atoms with E-state index in [1.165, 1.54) is 12.1 Å². The van der Waals surface area contributed by atoms with Crippen molar-refractivity contribution in [2.75, 3.05) is 13.1 Å². The van der Waals surface area contributed by atoms with E-state index >= 15 is 0 Å². The number of rotatable bonds is 2. The SMILES string of the molecule is CC1(C)CN(C(=O)c2c[nH]cc2-c2ccc(F)cc2)CCC1N. The molecule has 4 nitrogen and oxygen atoms in total. The van der Waals surface area contributed by atoms with Crippen molar-refractivity contribution in [3.8, 4) is 11.1 Å². The van der Waals surface area contributed by atoms with E-state index in [-0.39, 0.29) is 23.2 Å². The Balaban J connectivity index is 1.87. The van der Waals surface area contributed by atoms with Gasteiger partial charge in [-0.25, -0.2) is 4.39 Å². The second kappa shape index (κ2) is 5.81. The Morgan fingerprint density at radius 1 is 1.30 bits per heavy atom. The van der Waals surface area contributed by atoms with Gasteiger partial charge in [-0.3, -0.25) is 4.79 Å². The maximum Gasteiger partial charge on any atom is 0.256 e. The molecule has 0 bridgehead atoms. The normalized spacial score (nSPS) is 20.5.